The molecule has 190 valence electrons. The Balaban J connectivity index is -0.000000589. The topological polar surface area (TPSA) is 67.4 Å². The average Bonchev–Trinajstić information content (AvgIpc) is 3.02. The van der Waals surface area contributed by atoms with Crippen LogP contribution in [0.5, 0.6) is 0 Å². The molecule has 1 aliphatic heterocycles. The zero-order valence-corrected chi connectivity index (χ0v) is 23.1. The summed E-state index contributed by atoms with van der Waals surface area (Å²) in [5.74, 6) is 5.63. The fourth-order valence-corrected chi connectivity index (χ4v) is 3.03. The Bertz CT molecular complexity index is 695. The molecule has 0 spiro atoms. The zero-order chi connectivity index (χ0) is 26.1. The van der Waals surface area contributed by atoms with Crippen molar-refractivity contribution in [3.8, 4) is 11.8 Å². The number of likely N-dealkylation sites (N-methyl/N-ethyl adjacent to an activating group) is 1. The summed E-state index contributed by atoms with van der Waals surface area (Å²) in [5.41, 5.74) is 7.58. The highest BCUT2D eigenvalue weighted by molar-refractivity contribution is 5.69. The molecule has 2 heterocycles. The van der Waals surface area contributed by atoms with Crippen LogP contribution in [0.4, 0.5) is 0 Å². The van der Waals surface area contributed by atoms with Crippen LogP contribution in [0.1, 0.15) is 79.6 Å². The predicted octanol–water partition coefficient (Wildman–Crippen LogP) is 5.09. The van der Waals surface area contributed by atoms with Crippen LogP contribution in [0, 0.1) is 11.8 Å². The molecule has 0 atom stereocenters. The molecular formula is C27H51N5O. The maximum atomic E-state index is 11.1. The Kier molecular flexibility index (Phi) is 27.7. The Morgan fingerprint density at radius 2 is 1.70 bits per heavy atom. The van der Waals surface area contributed by atoms with Gasteiger partial charge >= 0.3 is 0 Å². The minimum Gasteiger partial charge on any atom is -0.368 e. The van der Waals surface area contributed by atoms with Gasteiger partial charge in [-0.1, -0.05) is 60.6 Å². The van der Waals surface area contributed by atoms with E-state index in [9.17, 15) is 4.79 Å². The number of carbonyl (C=O) groups is 1. The first-order chi connectivity index (χ1) is 16.2. The van der Waals surface area contributed by atoms with Crippen LogP contribution in [0.25, 0.3) is 5.70 Å². The third-order valence-electron chi connectivity index (χ3n) is 4.37. The second-order valence-electron chi connectivity index (χ2n) is 6.16. The molecule has 1 aromatic heterocycles. The normalized spacial score (nSPS) is 13.7. The standard InChI is InChI=1S/C15H20N4O.C5H8.3C2H6.CH5N/c1-17-7-4-8-18(10-9-17)13-5-2-3-6-14-15(13)16-11-19(14)12-20;1-3-5-4-2;4*1-2/h2-3,5,11-12H,4,6-10H2,1H3;3H2,1-2H3;3*1-2H3;2H2,1H3. The van der Waals surface area contributed by atoms with Crippen LogP contribution in [0.15, 0.2) is 24.6 Å². The van der Waals surface area contributed by atoms with E-state index in [-0.39, 0.29) is 0 Å². The number of hydrogen-bond donors (Lipinski definition) is 1. The molecule has 1 fully saturated rings. The highest BCUT2D eigenvalue weighted by atomic mass is 16.1. The molecule has 0 unspecified atom stereocenters. The van der Waals surface area contributed by atoms with E-state index in [1.807, 2.05) is 55.4 Å². The van der Waals surface area contributed by atoms with Crippen molar-refractivity contribution < 1.29 is 4.79 Å². The molecule has 2 aliphatic rings. The van der Waals surface area contributed by atoms with Gasteiger partial charge in [-0.15, -0.1) is 11.8 Å². The molecule has 6 nitrogen and oxygen atoms in total. The molecular weight excluding hydrogens is 410 g/mol. The summed E-state index contributed by atoms with van der Waals surface area (Å²) in [6, 6.07) is 0. The van der Waals surface area contributed by atoms with Gasteiger partial charge in [-0.05, 0) is 40.1 Å². The van der Waals surface area contributed by atoms with Gasteiger partial charge in [-0.2, -0.15) is 0 Å². The van der Waals surface area contributed by atoms with Crippen molar-refractivity contribution in [1.82, 2.24) is 19.4 Å². The molecule has 1 aliphatic carbocycles. The first-order valence-corrected chi connectivity index (χ1v) is 12.5. The number of hydrogen-bond acceptors (Lipinski definition) is 5. The molecule has 3 rings (SSSR count). The average molecular weight is 462 g/mol. The van der Waals surface area contributed by atoms with E-state index in [1.165, 1.54) is 7.05 Å². The van der Waals surface area contributed by atoms with Gasteiger partial charge in [-0.25, -0.2) is 4.98 Å². The smallest absolute Gasteiger partial charge is 0.219 e. The van der Waals surface area contributed by atoms with Crippen molar-refractivity contribution in [2.75, 3.05) is 40.3 Å². The maximum Gasteiger partial charge on any atom is 0.219 e. The maximum absolute atomic E-state index is 11.1. The van der Waals surface area contributed by atoms with Gasteiger partial charge in [0.1, 0.15) is 12.0 Å². The van der Waals surface area contributed by atoms with Gasteiger partial charge in [0.25, 0.3) is 0 Å². The molecule has 2 N–H and O–H groups in total. The van der Waals surface area contributed by atoms with Crippen LogP contribution in [-0.2, 0) is 11.2 Å². The summed E-state index contributed by atoms with van der Waals surface area (Å²) in [7, 11) is 3.66. The van der Waals surface area contributed by atoms with E-state index in [0.717, 1.165) is 68.9 Å². The van der Waals surface area contributed by atoms with Crippen LogP contribution >= 0.6 is 0 Å². The second kappa shape index (κ2) is 25.9. The highest BCUT2D eigenvalue weighted by Gasteiger charge is 2.21. The number of nitrogens with zero attached hydrogens (tertiary/aromatic N) is 4. The first-order valence-electron chi connectivity index (χ1n) is 12.5. The molecule has 6 heteroatoms. The molecule has 1 aromatic rings. The van der Waals surface area contributed by atoms with Crippen molar-refractivity contribution in [2.45, 2.75) is 74.7 Å². The molecule has 0 amide bonds. The van der Waals surface area contributed by atoms with E-state index < -0.39 is 0 Å². The van der Waals surface area contributed by atoms with Gasteiger partial charge in [0.15, 0.2) is 0 Å². The molecule has 0 saturated carbocycles. The lowest BCUT2D eigenvalue weighted by Gasteiger charge is -2.25. The van der Waals surface area contributed by atoms with Gasteiger partial charge in [0.2, 0.25) is 6.41 Å². The third kappa shape index (κ3) is 13.7. The Labute approximate surface area is 204 Å². The third-order valence-corrected chi connectivity index (χ3v) is 4.37. The molecule has 0 bridgehead atoms. The van der Waals surface area contributed by atoms with E-state index in [0.29, 0.717) is 0 Å². The molecule has 0 aromatic carbocycles. The minimum absolute atomic E-state index is 0.752. The van der Waals surface area contributed by atoms with Gasteiger partial charge < -0.3 is 15.5 Å². The van der Waals surface area contributed by atoms with E-state index in [2.05, 4.69) is 57.6 Å². The first kappa shape index (κ1) is 35.2. The Hall–Kier alpha value is -2.36. The number of nitrogens with two attached hydrogens (primary N) is 1. The lowest BCUT2D eigenvalue weighted by atomic mass is 10.2. The number of aromatic nitrogens is 2. The van der Waals surface area contributed by atoms with E-state index >= 15 is 0 Å². The monoisotopic (exact) mass is 461 g/mol. The Morgan fingerprint density at radius 1 is 1.06 bits per heavy atom. The molecule has 33 heavy (non-hydrogen) atoms. The Morgan fingerprint density at radius 3 is 2.21 bits per heavy atom. The zero-order valence-electron chi connectivity index (χ0n) is 23.1. The SMILES string of the molecule is CC.CC.CC.CC#CCC.CN.CN1CCCN(C2=CC=CCc3c2ncn3C=O)CC1. The fourth-order valence-electron chi connectivity index (χ4n) is 3.03. The number of carbonyl (C=O) groups excluding carboxylic acids is 1. The van der Waals surface area contributed by atoms with Crippen molar-refractivity contribution in [3.63, 3.8) is 0 Å². The minimum atomic E-state index is 0.752. The quantitative estimate of drug-likeness (QED) is 0.491. The van der Waals surface area contributed by atoms with Crippen LogP contribution < -0.4 is 5.73 Å². The van der Waals surface area contributed by atoms with Gasteiger partial charge in [0.05, 0.1) is 11.4 Å². The lowest BCUT2D eigenvalue weighted by Crippen LogP contribution is -2.28. The summed E-state index contributed by atoms with van der Waals surface area (Å²) in [6.45, 7) is 20.1. The van der Waals surface area contributed by atoms with Crippen LogP contribution in [0.2, 0.25) is 0 Å². The summed E-state index contributed by atoms with van der Waals surface area (Å²) < 4.78 is 1.59. The molecule has 1 saturated heterocycles. The molecule has 0 radical (unpaired) electrons. The number of allylic oxidation sites excluding steroid dienone is 3. The van der Waals surface area contributed by atoms with Crippen molar-refractivity contribution in [3.05, 3.63) is 35.9 Å². The summed E-state index contributed by atoms with van der Waals surface area (Å²) >= 11 is 0. The number of imidazole rings is 1. The van der Waals surface area contributed by atoms with Crippen molar-refractivity contribution in [1.29, 1.82) is 0 Å². The number of rotatable bonds is 2. The van der Waals surface area contributed by atoms with Crippen LogP contribution in [0.3, 0.4) is 0 Å². The van der Waals surface area contributed by atoms with Crippen molar-refractivity contribution >= 4 is 12.1 Å². The fraction of sp³-hybridized carbons (Fsp3) is 0.630. The largest absolute Gasteiger partial charge is 0.368 e. The number of fused-ring (bicyclic) bond motifs is 1. The van der Waals surface area contributed by atoms with E-state index in [1.54, 1.807) is 10.9 Å². The summed E-state index contributed by atoms with van der Waals surface area (Å²) in [4.78, 5) is 20.3. The van der Waals surface area contributed by atoms with Gasteiger partial charge in [0, 0.05) is 32.5 Å². The van der Waals surface area contributed by atoms with E-state index in [4.69, 9.17) is 0 Å². The summed E-state index contributed by atoms with van der Waals surface area (Å²) in [6.07, 6.45) is 11.6. The van der Waals surface area contributed by atoms with Crippen LogP contribution in [-0.4, -0.2) is 66.0 Å². The lowest BCUT2D eigenvalue weighted by molar-refractivity contribution is 0.342. The van der Waals surface area contributed by atoms with Crippen molar-refractivity contribution in [2.24, 2.45) is 5.73 Å². The predicted molar refractivity (Wildman–Crippen MR) is 147 cm³/mol. The summed E-state index contributed by atoms with van der Waals surface area (Å²) in [5, 5.41) is 0. The second-order valence-corrected chi connectivity index (χ2v) is 6.16. The highest BCUT2D eigenvalue weighted by Crippen LogP contribution is 2.25. The van der Waals surface area contributed by atoms with Gasteiger partial charge in [-0.3, -0.25) is 9.36 Å².